The highest BCUT2D eigenvalue weighted by Crippen LogP contribution is 2.29. The predicted molar refractivity (Wildman–Crippen MR) is 104 cm³/mol. The summed E-state index contributed by atoms with van der Waals surface area (Å²) in [5.74, 6) is 1.80. The molecule has 1 aromatic carbocycles. The second-order valence-electron chi connectivity index (χ2n) is 8.36. The molecule has 0 aromatic heterocycles. The Labute approximate surface area is 161 Å². The lowest BCUT2D eigenvalue weighted by molar-refractivity contribution is -0.137. The standard InChI is InChI=1S/C22H30N2O3/c25-21(23-19-9-10-19)17-7-11-20(12-8-17)27-15-16-4-3-13-24(14-16)22(26)18-5-1-2-6-18/h7-8,11-12,16,18-19H,1-6,9-10,13-15H2,(H,23,25)/t16-/m1/s1. The van der Waals surface area contributed by atoms with Crippen LogP contribution in [0.25, 0.3) is 0 Å². The van der Waals surface area contributed by atoms with Crippen LogP contribution >= 0.6 is 0 Å². The fourth-order valence-corrected chi connectivity index (χ4v) is 4.25. The van der Waals surface area contributed by atoms with Crippen molar-refractivity contribution in [1.29, 1.82) is 0 Å². The molecule has 4 rings (SSSR count). The van der Waals surface area contributed by atoms with E-state index in [1.165, 1.54) is 12.8 Å². The molecule has 0 spiro atoms. The van der Waals surface area contributed by atoms with Gasteiger partial charge in [-0.3, -0.25) is 9.59 Å². The Morgan fingerprint density at radius 1 is 1.00 bits per heavy atom. The molecule has 27 heavy (non-hydrogen) atoms. The summed E-state index contributed by atoms with van der Waals surface area (Å²) in [5, 5.41) is 2.99. The van der Waals surface area contributed by atoms with E-state index in [2.05, 4.69) is 10.2 Å². The molecule has 1 atom stereocenters. The fourth-order valence-electron chi connectivity index (χ4n) is 4.25. The second-order valence-corrected chi connectivity index (χ2v) is 8.36. The predicted octanol–water partition coefficient (Wildman–Crippen LogP) is 3.39. The van der Waals surface area contributed by atoms with Crippen molar-refractivity contribution in [3.63, 3.8) is 0 Å². The number of likely N-dealkylation sites (tertiary alicyclic amines) is 1. The van der Waals surface area contributed by atoms with Crippen LogP contribution in [0, 0.1) is 11.8 Å². The van der Waals surface area contributed by atoms with Gasteiger partial charge in [-0.05, 0) is 62.8 Å². The molecule has 3 aliphatic rings. The van der Waals surface area contributed by atoms with Gasteiger partial charge in [0.15, 0.2) is 0 Å². The zero-order valence-corrected chi connectivity index (χ0v) is 16.0. The van der Waals surface area contributed by atoms with Gasteiger partial charge in [0.25, 0.3) is 5.91 Å². The van der Waals surface area contributed by atoms with Crippen LogP contribution in [0.15, 0.2) is 24.3 Å². The highest BCUT2D eigenvalue weighted by atomic mass is 16.5. The van der Waals surface area contributed by atoms with Crippen LogP contribution < -0.4 is 10.1 Å². The third kappa shape index (κ3) is 4.82. The van der Waals surface area contributed by atoms with Crippen molar-refractivity contribution in [2.45, 2.75) is 57.4 Å². The van der Waals surface area contributed by atoms with E-state index in [1.54, 1.807) is 0 Å². The van der Waals surface area contributed by atoms with Gasteiger partial charge >= 0.3 is 0 Å². The van der Waals surface area contributed by atoms with Crippen molar-refractivity contribution in [3.8, 4) is 5.75 Å². The van der Waals surface area contributed by atoms with E-state index in [4.69, 9.17) is 4.74 Å². The average molecular weight is 370 g/mol. The highest BCUT2D eigenvalue weighted by molar-refractivity contribution is 5.94. The maximum atomic E-state index is 12.6. The molecule has 0 unspecified atom stereocenters. The number of hydrogen-bond donors (Lipinski definition) is 1. The van der Waals surface area contributed by atoms with Crippen LogP contribution in [0.2, 0.25) is 0 Å². The summed E-state index contributed by atoms with van der Waals surface area (Å²) in [6.07, 6.45) is 8.89. The molecule has 146 valence electrons. The lowest BCUT2D eigenvalue weighted by Gasteiger charge is -2.34. The van der Waals surface area contributed by atoms with Gasteiger partial charge in [0, 0.05) is 36.5 Å². The van der Waals surface area contributed by atoms with E-state index >= 15 is 0 Å². The maximum absolute atomic E-state index is 12.6. The number of rotatable bonds is 6. The third-order valence-corrected chi connectivity index (χ3v) is 6.05. The van der Waals surface area contributed by atoms with Crippen LogP contribution in [0.5, 0.6) is 5.75 Å². The number of carbonyl (C=O) groups excluding carboxylic acids is 2. The van der Waals surface area contributed by atoms with E-state index in [0.717, 1.165) is 57.4 Å². The van der Waals surface area contributed by atoms with Crippen molar-refractivity contribution in [2.75, 3.05) is 19.7 Å². The van der Waals surface area contributed by atoms with Gasteiger partial charge in [0.05, 0.1) is 6.61 Å². The normalized spacial score (nSPS) is 23.3. The number of benzene rings is 1. The number of piperidine rings is 1. The minimum atomic E-state index is -0.00241. The summed E-state index contributed by atoms with van der Waals surface area (Å²) in [5.41, 5.74) is 0.681. The molecular weight excluding hydrogens is 340 g/mol. The summed E-state index contributed by atoms with van der Waals surface area (Å²) >= 11 is 0. The van der Waals surface area contributed by atoms with Gasteiger partial charge in [-0.25, -0.2) is 0 Å². The third-order valence-electron chi connectivity index (χ3n) is 6.05. The first-order chi connectivity index (χ1) is 13.2. The Balaban J connectivity index is 1.25. The van der Waals surface area contributed by atoms with Crippen molar-refractivity contribution in [2.24, 2.45) is 11.8 Å². The summed E-state index contributed by atoms with van der Waals surface area (Å²) in [7, 11) is 0. The van der Waals surface area contributed by atoms with Crippen molar-refractivity contribution in [3.05, 3.63) is 29.8 Å². The Hall–Kier alpha value is -2.04. The average Bonchev–Trinajstić information content (AvgIpc) is 3.35. The smallest absolute Gasteiger partial charge is 0.251 e. The molecule has 1 heterocycles. The van der Waals surface area contributed by atoms with E-state index < -0.39 is 0 Å². The molecule has 1 N–H and O–H groups in total. The molecule has 0 radical (unpaired) electrons. The number of amides is 2. The van der Waals surface area contributed by atoms with Gasteiger partial charge < -0.3 is 15.0 Å². The topological polar surface area (TPSA) is 58.6 Å². The van der Waals surface area contributed by atoms with Crippen molar-refractivity contribution >= 4 is 11.8 Å². The largest absolute Gasteiger partial charge is 0.493 e. The van der Waals surface area contributed by atoms with Gasteiger partial charge in [0.1, 0.15) is 5.75 Å². The Bertz CT molecular complexity index is 663. The highest BCUT2D eigenvalue weighted by Gasteiger charge is 2.30. The Morgan fingerprint density at radius 2 is 1.74 bits per heavy atom. The second kappa shape index (κ2) is 8.32. The van der Waals surface area contributed by atoms with Crippen LogP contribution in [-0.2, 0) is 4.79 Å². The first kappa shape index (κ1) is 18.3. The summed E-state index contributed by atoms with van der Waals surface area (Å²) in [4.78, 5) is 26.7. The lowest BCUT2D eigenvalue weighted by Crippen LogP contribution is -2.43. The SMILES string of the molecule is O=C(NC1CC1)c1ccc(OC[C@@H]2CCCN(C(=O)C3CCCC3)C2)cc1. The molecule has 5 nitrogen and oxygen atoms in total. The van der Waals surface area contributed by atoms with Crippen LogP contribution in [0.4, 0.5) is 0 Å². The zero-order chi connectivity index (χ0) is 18.6. The van der Waals surface area contributed by atoms with Gasteiger partial charge in [-0.15, -0.1) is 0 Å². The van der Waals surface area contributed by atoms with Crippen molar-refractivity contribution < 1.29 is 14.3 Å². The molecule has 3 fully saturated rings. The summed E-state index contributed by atoms with van der Waals surface area (Å²) in [6.45, 7) is 2.34. The molecule has 0 bridgehead atoms. The molecule has 1 saturated heterocycles. The van der Waals surface area contributed by atoms with Crippen LogP contribution in [0.3, 0.4) is 0 Å². The van der Waals surface area contributed by atoms with Crippen LogP contribution in [-0.4, -0.2) is 42.5 Å². The molecule has 2 amide bonds. The quantitative estimate of drug-likeness (QED) is 0.835. The van der Waals surface area contributed by atoms with E-state index in [9.17, 15) is 9.59 Å². The molecule has 1 aliphatic heterocycles. The Kier molecular flexibility index (Phi) is 5.65. The van der Waals surface area contributed by atoms with Gasteiger partial charge in [0.2, 0.25) is 5.91 Å². The minimum absolute atomic E-state index is 0.00241. The number of hydrogen-bond acceptors (Lipinski definition) is 3. The molecule has 2 aliphatic carbocycles. The molecule has 5 heteroatoms. The van der Waals surface area contributed by atoms with Gasteiger partial charge in [-0.2, -0.15) is 0 Å². The maximum Gasteiger partial charge on any atom is 0.251 e. The van der Waals surface area contributed by atoms with E-state index in [0.29, 0.717) is 30.0 Å². The van der Waals surface area contributed by atoms with Gasteiger partial charge in [-0.1, -0.05) is 12.8 Å². The van der Waals surface area contributed by atoms with E-state index in [-0.39, 0.29) is 11.8 Å². The number of ether oxygens (including phenoxy) is 1. The monoisotopic (exact) mass is 370 g/mol. The van der Waals surface area contributed by atoms with E-state index in [1.807, 2.05) is 24.3 Å². The number of nitrogens with one attached hydrogen (secondary N) is 1. The number of nitrogens with zero attached hydrogens (tertiary/aromatic N) is 1. The molecule has 2 saturated carbocycles. The first-order valence-corrected chi connectivity index (χ1v) is 10.5. The first-order valence-electron chi connectivity index (χ1n) is 10.5. The number of carbonyl (C=O) groups is 2. The van der Waals surface area contributed by atoms with Crippen LogP contribution in [0.1, 0.15) is 61.7 Å². The van der Waals surface area contributed by atoms with Crippen molar-refractivity contribution in [1.82, 2.24) is 10.2 Å². The molecular formula is C22H30N2O3. The molecule has 1 aromatic rings. The zero-order valence-electron chi connectivity index (χ0n) is 16.0. The Morgan fingerprint density at radius 3 is 2.44 bits per heavy atom. The summed E-state index contributed by atoms with van der Waals surface area (Å²) < 4.78 is 5.96. The lowest BCUT2D eigenvalue weighted by atomic mass is 9.96. The fraction of sp³-hybridized carbons (Fsp3) is 0.636. The summed E-state index contributed by atoms with van der Waals surface area (Å²) in [6, 6.07) is 7.75. The minimum Gasteiger partial charge on any atom is -0.493 e.